The normalized spacial score (nSPS) is 18.4. The lowest BCUT2D eigenvalue weighted by molar-refractivity contribution is -0.143. The van der Waals surface area contributed by atoms with Crippen molar-refractivity contribution in [3.8, 4) is 17.0 Å². The fourth-order valence-electron chi connectivity index (χ4n) is 3.81. The van der Waals surface area contributed by atoms with Crippen molar-refractivity contribution in [2.45, 2.75) is 59.1 Å². The second-order valence-corrected chi connectivity index (χ2v) is 8.70. The summed E-state index contributed by atoms with van der Waals surface area (Å²) in [5.74, 6) is -0.177. The molecule has 9 heteroatoms. The highest BCUT2D eigenvalue weighted by Crippen LogP contribution is 2.30. The molecule has 32 heavy (non-hydrogen) atoms. The summed E-state index contributed by atoms with van der Waals surface area (Å²) in [6.07, 6.45) is 4.04. The van der Waals surface area contributed by atoms with Gasteiger partial charge in [-0.1, -0.05) is 13.8 Å². The number of ether oxygens (including phenoxy) is 2. The molecule has 1 fully saturated rings. The number of pyridine rings is 1. The van der Waals surface area contributed by atoms with Gasteiger partial charge in [-0.25, -0.2) is 9.78 Å². The number of carboxylic acids is 1. The quantitative estimate of drug-likeness (QED) is 0.638. The number of hydrogen-bond donors (Lipinski definition) is 2. The highest BCUT2D eigenvalue weighted by Gasteiger charge is 2.28. The number of aromatic nitrogens is 3. The van der Waals surface area contributed by atoms with Crippen LogP contribution in [0.1, 0.15) is 50.9 Å². The monoisotopic (exact) mass is 444 g/mol. The molecule has 0 unspecified atom stereocenters. The van der Waals surface area contributed by atoms with Crippen LogP contribution in [-0.2, 0) is 23.1 Å². The molecule has 0 saturated heterocycles. The van der Waals surface area contributed by atoms with Crippen LogP contribution in [0.5, 0.6) is 5.75 Å². The summed E-state index contributed by atoms with van der Waals surface area (Å²) in [7, 11) is 1.81. The molecule has 2 N–H and O–H groups in total. The van der Waals surface area contributed by atoms with E-state index < -0.39 is 12.1 Å². The molecule has 2 atom stereocenters. The Kier molecular flexibility index (Phi) is 7.71. The van der Waals surface area contributed by atoms with Gasteiger partial charge in [-0.05, 0) is 50.7 Å². The van der Waals surface area contributed by atoms with Gasteiger partial charge < -0.3 is 19.9 Å². The first-order valence-electron chi connectivity index (χ1n) is 11.0. The van der Waals surface area contributed by atoms with Crippen LogP contribution in [0.25, 0.3) is 11.3 Å². The van der Waals surface area contributed by atoms with E-state index in [1.165, 1.54) is 0 Å². The predicted octanol–water partition coefficient (Wildman–Crippen LogP) is 3.69. The third-order valence-corrected chi connectivity index (χ3v) is 5.59. The van der Waals surface area contributed by atoms with Gasteiger partial charge in [0.2, 0.25) is 0 Å². The van der Waals surface area contributed by atoms with E-state index in [1.54, 1.807) is 10.9 Å². The van der Waals surface area contributed by atoms with Gasteiger partial charge in [0.25, 0.3) is 0 Å². The molecule has 3 rings (SSSR count). The number of hydrogen-bond acceptors (Lipinski definition) is 6. The minimum Gasteiger partial charge on any atom is -0.489 e. The number of nitrogens with zero attached hydrogens (tertiary/aromatic N) is 3. The number of amides is 1. The van der Waals surface area contributed by atoms with E-state index in [0.29, 0.717) is 25.2 Å². The Labute approximate surface area is 188 Å². The maximum Gasteiger partial charge on any atom is 0.407 e. The lowest BCUT2D eigenvalue weighted by atomic mass is 9.87. The molecular formula is C23H32N4O5. The first-order valence-corrected chi connectivity index (χ1v) is 11.0. The highest BCUT2D eigenvalue weighted by atomic mass is 16.5. The maximum absolute atomic E-state index is 11.9. The van der Waals surface area contributed by atoms with Gasteiger partial charge in [0.05, 0.1) is 48.5 Å². The highest BCUT2D eigenvalue weighted by molar-refractivity contribution is 5.70. The average molecular weight is 445 g/mol. The van der Waals surface area contributed by atoms with Crippen molar-refractivity contribution in [2.24, 2.45) is 18.9 Å². The molecule has 1 aliphatic carbocycles. The smallest absolute Gasteiger partial charge is 0.407 e. The number of aryl methyl sites for hydroxylation is 2. The molecule has 1 saturated carbocycles. The van der Waals surface area contributed by atoms with Crippen molar-refractivity contribution < 1.29 is 24.2 Å². The zero-order chi connectivity index (χ0) is 23.3. The molecule has 0 bridgehead atoms. The van der Waals surface area contributed by atoms with Crippen LogP contribution in [0, 0.1) is 18.8 Å². The Morgan fingerprint density at radius 2 is 2.09 bits per heavy atom. The number of rotatable bonds is 8. The van der Waals surface area contributed by atoms with Crippen molar-refractivity contribution in [3.05, 3.63) is 29.7 Å². The molecule has 0 aliphatic heterocycles. The summed E-state index contributed by atoms with van der Waals surface area (Å²) in [4.78, 5) is 27.9. The first kappa shape index (κ1) is 23.6. The van der Waals surface area contributed by atoms with Crippen LogP contribution in [0.3, 0.4) is 0 Å². The number of alkyl carbamates (subject to hydrolysis) is 1. The number of aliphatic carboxylic acids is 1. The van der Waals surface area contributed by atoms with Crippen LogP contribution in [0.15, 0.2) is 18.3 Å². The van der Waals surface area contributed by atoms with E-state index in [0.717, 1.165) is 35.5 Å². The molecule has 0 aromatic carbocycles. The van der Waals surface area contributed by atoms with Gasteiger partial charge in [-0.15, -0.1) is 0 Å². The lowest BCUT2D eigenvalue weighted by Crippen LogP contribution is -2.29. The second kappa shape index (κ2) is 10.5. The standard InChI is InChI=1S/C23H32N4O5/c1-14(2)13-31-23(30)24-12-20-18(11-25-27(20)4)19-8-9-21(15(3)26-19)32-17-7-5-6-16(10-17)22(28)29/h8-9,11,14,16-17H,5-7,10,12-13H2,1-4H3,(H,24,30)(H,28,29)/t16-,17-/m0/s1. The van der Waals surface area contributed by atoms with Crippen molar-refractivity contribution in [1.29, 1.82) is 0 Å². The fraction of sp³-hybridized carbons (Fsp3) is 0.565. The van der Waals surface area contributed by atoms with Gasteiger partial charge in [0.15, 0.2) is 0 Å². The Balaban J connectivity index is 1.68. The number of carbonyl (C=O) groups excluding carboxylic acids is 1. The maximum atomic E-state index is 11.9. The van der Waals surface area contributed by atoms with E-state index in [-0.39, 0.29) is 24.5 Å². The topological polar surface area (TPSA) is 116 Å². The number of nitrogens with one attached hydrogen (secondary N) is 1. The van der Waals surface area contributed by atoms with Gasteiger partial charge >= 0.3 is 12.1 Å². The van der Waals surface area contributed by atoms with Crippen LogP contribution in [0.4, 0.5) is 4.79 Å². The van der Waals surface area contributed by atoms with Crippen LogP contribution >= 0.6 is 0 Å². The molecule has 1 amide bonds. The van der Waals surface area contributed by atoms with Gasteiger partial charge in [-0.3, -0.25) is 9.48 Å². The third-order valence-electron chi connectivity index (χ3n) is 5.59. The van der Waals surface area contributed by atoms with E-state index >= 15 is 0 Å². The zero-order valence-corrected chi connectivity index (χ0v) is 19.1. The summed E-state index contributed by atoms with van der Waals surface area (Å²) in [5.41, 5.74) is 3.07. The van der Waals surface area contributed by atoms with Crippen LogP contribution in [0.2, 0.25) is 0 Å². The lowest BCUT2D eigenvalue weighted by Gasteiger charge is -2.27. The molecule has 2 heterocycles. The Morgan fingerprint density at radius 1 is 1.31 bits per heavy atom. The van der Waals surface area contributed by atoms with E-state index in [2.05, 4.69) is 15.4 Å². The van der Waals surface area contributed by atoms with Gasteiger partial charge in [0, 0.05) is 12.6 Å². The Hall–Kier alpha value is -3.10. The zero-order valence-electron chi connectivity index (χ0n) is 19.1. The molecule has 0 radical (unpaired) electrons. The van der Waals surface area contributed by atoms with Crippen molar-refractivity contribution in [2.75, 3.05) is 6.61 Å². The number of carbonyl (C=O) groups is 2. The average Bonchev–Trinajstić information content (AvgIpc) is 3.12. The van der Waals surface area contributed by atoms with Crippen molar-refractivity contribution in [3.63, 3.8) is 0 Å². The largest absolute Gasteiger partial charge is 0.489 e. The van der Waals surface area contributed by atoms with Gasteiger partial charge in [-0.2, -0.15) is 5.10 Å². The van der Waals surface area contributed by atoms with E-state index in [1.807, 2.05) is 40.0 Å². The molecule has 0 spiro atoms. The summed E-state index contributed by atoms with van der Waals surface area (Å²) < 4.78 is 13.0. The van der Waals surface area contributed by atoms with E-state index in [9.17, 15) is 14.7 Å². The molecule has 1 aliphatic rings. The van der Waals surface area contributed by atoms with Crippen LogP contribution in [-0.4, -0.2) is 44.6 Å². The summed E-state index contributed by atoms with van der Waals surface area (Å²) in [6.45, 7) is 6.45. The van der Waals surface area contributed by atoms with Gasteiger partial charge in [0.1, 0.15) is 5.75 Å². The van der Waals surface area contributed by atoms with Crippen molar-refractivity contribution in [1.82, 2.24) is 20.1 Å². The summed E-state index contributed by atoms with van der Waals surface area (Å²) in [5, 5.41) is 16.4. The fourth-order valence-corrected chi connectivity index (χ4v) is 3.81. The predicted molar refractivity (Wildman–Crippen MR) is 118 cm³/mol. The third kappa shape index (κ3) is 5.99. The summed E-state index contributed by atoms with van der Waals surface area (Å²) in [6, 6.07) is 3.72. The molecular weight excluding hydrogens is 412 g/mol. The SMILES string of the molecule is Cc1nc(-c2cnn(C)c2CNC(=O)OCC(C)C)ccc1O[C@H]1CCC[C@H](C(=O)O)C1. The molecule has 174 valence electrons. The minimum atomic E-state index is -0.755. The Morgan fingerprint density at radius 3 is 2.78 bits per heavy atom. The Bertz CT molecular complexity index is 956. The molecule has 9 nitrogen and oxygen atoms in total. The molecule has 2 aromatic rings. The number of carboxylic acid groups (broad SMARTS) is 1. The molecule has 2 aromatic heterocycles. The minimum absolute atomic E-state index is 0.119. The van der Waals surface area contributed by atoms with E-state index in [4.69, 9.17) is 9.47 Å². The first-order chi connectivity index (χ1) is 15.2. The summed E-state index contributed by atoms with van der Waals surface area (Å²) >= 11 is 0. The van der Waals surface area contributed by atoms with Crippen molar-refractivity contribution >= 4 is 12.1 Å². The van der Waals surface area contributed by atoms with Crippen LogP contribution < -0.4 is 10.1 Å². The second-order valence-electron chi connectivity index (χ2n) is 8.70.